The molecule has 2 amide bonds. The van der Waals surface area contributed by atoms with Crippen LogP contribution in [0.15, 0.2) is 0 Å². The van der Waals surface area contributed by atoms with Crippen molar-refractivity contribution in [1.82, 2.24) is 10.2 Å². The van der Waals surface area contributed by atoms with Crippen LogP contribution >= 0.6 is 0 Å². The Morgan fingerprint density at radius 2 is 2.20 bits per heavy atom. The van der Waals surface area contributed by atoms with Crippen LogP contribution in [0.2, 0.25) is 0 Å². The molecule has 8 heteroatoms. The standard InChI is InChI=1S/C12H20N2O6/c1-8(3-4-10(15)16)13-12(18)14-5-6-20-7-9(14)11(17)19-2/h8-9H,3-7H2,1-2H3,(H,13,18)(H,15,16). The van der Waals surface area contributed by atoms with Crippen molar-refractivity contribution in [3.63, 3.8) is 0 Å². The van der Waals surface area contributed by atoms with E-state index in [-0.39, 0.29) is 25.6 Å². The molecule has 0 aromatic heterocycles. The van der Waals surface area contributed by atoms with Gasteiger partial charge < -0.3 is 24.8 Å². The molecule has 1 aliphatic rings. The first-order valence-electron chi connectivity index (χ1n) is 6.40. The number of aliphatic carboxylic acids is 1. The molecule has 1 heterocycles. The Hall–Kier alpha value is -1.83. The summed E-state index contributed by atoms with van der Waals surface area (Å²) in [4.78, 5) is 35.5. The highest BCUT2D eigenvalue weighted by molar-refractivity contribution is 5.84. The van der Waals surface area contributed by atoms with Crippen molar-refractivity contribution in [2.45, 2.75) is 31.8 Å². The number of nitrogens with one attached hydrogen (secondary N) is 1. The molecule has 20 heavy (non-hydrogen) atoms. The van der Waals surface area contributed by atoms with Gasteiger partial charge in [0.1, 0.15) is 0 Å². The van der Waals surface area contributed by atoms with Crippen molar-refractivity contribution in [2.75, 3.05) is 26.9 Å². The number of carbonyl (C=O) groups excluding carboxylic acids is 2. The number of nitrogens with zero attached hydrogens (tertiary/aromatic N) is 1. The summed E-state index contributed by atoms with van der Waals surface area (Å²) < 4.78 is 9.80. The molecule has 0 saturated carbocycles. The fourth-order valence-corrected chi connectivity index (χ4v) is 1.88. The first-order valence-corrected chi connectivity index (χ1v) is 6.40. The first-order chi connectivity index (χ1) is 9.45. The minimum Gasteiger partial charge on any atom is -0.481 e. The van der Waals surface area contributed by atoms with Gasteiger partial charge in [0.25, 0.3) is 0 Å². The van der Waals surface area contributed by atoms with Crippen LogP contribution in [0.3, 0.4) is 0 Å². The molecule has 1 aliphatic heterocycles. The minimum absolute atomic E-state index is 0.0228. The molecule has 8 nitrogen and oxygen atoms in total. The van der Waals surface area contributed by atoms with E-state index in [0.717, 1.165) is 0 Å². The molecule has 2 atom stereocenters. The lowest BCUT2D eigenvalue weighted by Gasteiger charge is -2.34. The second-order valence-corrected chi connectivity index (χ2v) is 4.59. The largest absolute Gasteiger partial charge is 0.481 e. The number of hydrogen-bond donors (Lipinski definition) is 2. The van der Waals surface area contributed by atoms with Crippen molar-refractivity contribution in [3.05, 3.63) is 0 Å². The van der Waals surface area contributed by atoms with E-state index in [9.17, 15) is 14.4 Å². The highest BCUT2D eigenvalue weighted by Gasteiger charge is 2.34. The number of urea groups is 1. The van der Waals surface area contributed by atoms with E-state index in [1.807, 2.05) is 0 Å². The minimum atomic E-state index is -0.912. The lowest BCUT2D eigenvalue weighted by molar-refractivity contribution is -0.151. The maximum atomic E-state index is 12.1. The summed E-state index contributed by atoms with van der Waals surface area (Å²) >= 11 is 0. The van der Waals surface area contributed by atoms with Crippen LogP contribution in [0.5, 0.6) is 0 Å². The topological polar surface area (TPSA) is 105 Å². The molecule has 0 bridgehead atoms. The molecule has 0 aliphatic carbocycles. The van der Waals surface area contributed by atoms with Crippen LogP contribution in [0.25, 0.3) is 0 Å². The molecule has 2 N–H and O–H groups in total. The SMILES string of the molecule is COC(=O)C1COCCN1C(=O)NC(C)CCC(=O)O. The van der Waals surface area contributed by atoms with Crippen LogP contribution < -0.4 is 5.32 Å². The van der Waals surface area contributed by atoms with Crippen molar-refractivity contribution >= 4 is 18.0 Å². The average molecular weight is 288 g/mol. The lowest BCUT2D eigenvalue weighted by Crippen LogP contribution is -2.57. The van der Waals surface area contributed by atoms with Gasteiger partial charge in [0, 0.05) is 19.0 Å². The zero-order valence-corrected chi connectivity index (χ0v) is 11.6. The van der Waals surface area contributed by atoms with Gasteiger partial charge >= 0.3 is 18.0 Å². The predicted octanol–water partition coefficient (Wildman–Crippen LogP) is -0.177. The smallest absolute Gasteiger partial charge is 0.331 e. The maximum absolute atomic E-state index is 12.1. The summed E-state index contributed by atoms with van der Waals surface area (Å²) in [5.41, 5.74) is 0. The van der Waals surface area contributed by atoms with Crippen LogP contribution in [0.1, 0.15) is 19.8 Å². The molecule has 0 radical (unpaired) electrons. The molecule has 1 rings (SSSR count). The first kappa shape index (κ1) is 16.2. The molecular formula is C12H20N2O6. The second-order valence-electron chi connectivity index (χ2n) is 4.59. The van der Waals surface area contributed by atoms with Crippen LogP contribution in [-0.2, 0) is 19.1 Å². The van der Waals surface area contributed by atoms with E-state index in [1.165, 1.54) is 12.0 Å². The molecule has 114 valence electrons. The van der Waals surface area contributed by atoms with Gasteiger partial charge in [0.2, 0.25) is 0 Å². The van der Waals surface area contributed by atoms with E-state index < -0.39 is 24.0 Å². The molecule has 2 unspecified atom stereocenters. The number of methoxy groups -OCH3 is 1. The molecular weight excluding hydrogens is 268 g/mol. The van der Waals surface area contributed by atoms with Gasteiger partial charge in [-0.15, -0.1) is 0 Å². The fourth-order valence-electron chi connectivity index (χ4n) is 1.88. The molecule has 0 aromatic rings. The lowest BCUT2D eigenvalue weighted by atomic mass is 10.2. The molecule has 0 spiro atoms. The number of ether oxygens (including phenoxy) is 2. The normalized spacial score (nSPS) is 20.1. The van der Waals surface area contributed by atoms with Gasteiger partial charge in [0.15, 0.2) is 6.04 Å². The number of rotatable bonds is 5. The number of carboxylic acid groups (broad SMARTS) is 1. The van der Waals surface area contributed by atoms with E-state index in [4.69, 9.17) is 9.84 Å². The Morgan fingerprint density at radius 1 is 1.50 bits per heavy atom. The monoisotopic (exact) mass is 288 g/mol. The summed E-state index contributed by atoms with van der Waals surface area (Å²) in [6.45, 7) is 2.46. The highest BCUT2D eigenvalue weighted by atomic mass is 16.5. The van der Waals surface area contributed by atoms with Crippen molar-refractivity contribution < 1.29 is 29.0 Å². The zero-order valence-electron chi connectivity index (χ0n) is 11.6. The van der Waals surface area contributed by atoms with Gasteiger partial charge in [-0.05, 0) is 13.3 Å². The number of hydrogen-bond acceptors (Lipinski definition) is 5. The number of carboxylic acids is 1. The van der Waals surface area contributed by atoms with Gasteiger partial charge in [-0.2, -0.15) is 0 Å². The number of esters is 1. The maximum Gasteiger partial charge on any atom is 0.331 e. The highest BCUT2D eigenvalue weighted by Crippen LogP contribution is 2.09. The summed E-state index contributed by atoms with van der Waals surface area (Å²) in [6, 6.07) is -1.47. The Balaban J connectivity index is 2.54. The summed E-state index contributed by atoms with van der Waals surface area (Å²) in [5.74, 6) is -1.44. The van der Waals surface area contributed by atoms with Crippen LogP contribution in [-0.4, -0.2) is 66.9 Å². The van der Waals surface area contributed by atoms with Crippen LogP contribution in [0.4, 0.5) is 4.79 Å². The third-order valence-corrected chi connectivity index (χ3v) is 3.02. The van der Waals surface area contributed by atoms with Crippen molar-refractivity contribution in [2.24, 2.45) is 0 Å². The van der Waals surface area contributed by atoms with Crippen molar-refractivity contribution in [3.8, 4) is 0 Å². The fraction of sp³-hybridized carbons (Fsp3) is 0.750. The van der Waals surface area contributed by atoms with E-state index in [0.29, 0.717) is 13.0 Å². The van der Waals surface area contributed by atoms with E-state index in [1.54, 1.807) is 6.92 Å². The van der Waals surface area contributed by atoms with Gasteiger partial charge in [-0.25, -0.2) is 9.59 Å². The number of amides is 2. The second kappa shape index (κ2) is 7.68. The van der Waals surface area contributed by atoms with Gasteiger partial charge in [-0.3, -0.25) is 4.79 Å². The van der Waals surface area contributed by atoms with E-state index >= 15 is 0 Å². The molecule has 1 saturated heterocycles. The summed E-state index contributed by atoms with van der Waals surface area (Å²) in [5, 5.41) is 11.3. The quantitative estimate of drug-likeness (QED) is 0.680. The molecule has 1 fully saturated rings. The average Bonchev–Trinajstić information content (AvgIpc) is 2.44. The van der Waals surface area contributed by atoms with E-state index in [2.05, 4.69) is 10.1 Å². The number of carbonyl (C=O) groups is 3. The third kappa shape index (κ3) is 4.69. The third-order valence-electron chi connectivity index (χ3n) is 3.02. The van der Waals surface area contributed by atoms with Gasteiger partial charge in [-0.1, -0.05) is 0 Å². The Kier molecular flexibility index (Phi) is 6.23. The Bertz CT molecular complexity index is 373. The van der Waals surface area contributed by atoms with Crippen molar-refractivity contribution in [1.29, 1.82) is 0 Å². The summed E-state index contributed by atoms with van der Waals surface area (Å²) in [6.07, 6.45) is 0.305. The van der Waals surface area contributed by atoms with Gasteiger partial charge in [0.05, 0.1) is 20.3 Å². The predicted molar refractivity (Wildman–Crippen MR) is 68.2 cm³/mol. The Labute approximate surface area is 117 Å². The summed E-state index contributed by atoms with van der Waals surface area (Å²) in [7, 11) is 1.25. The zero-order chi connectivity index (χ0) is 15.1. The number of morpholine rings is 1. The Morgan fingerprint density at radius 3 is 2.80 bits per heavy atom. The molecule has 0 aromatic carbocycles. The van der Waals surface area contributed by atoms with Crippen LogP contribution in [0, 0.1) is 0 Å².